The molecule has 0 saturated carbocycles. The summed E-state index contributed by atoms with van der Waals surface area (Å²) in [5.41, 5.74) is 0.548. The van der Waals surface area contributed by atoms with Crippen LogP contribution in [0.1, 0.15) is 12.8 Å². The van der Waals surface area contributed by atoms with Gasteiger partial charge in [-0.25, -0.2) is 13.2 Å². The van der Waals surface area contributed by atoms with Crippen LogP contribution in [0.25, 0.3) is 0 Å². The number of carbonyl (C=O) groups excluding carboxylic acids is 2. The number of hydrogen-bond acceptors (Lipinski definition) is 8. The maximum absolute atomic E-state index is 12.4. The Balaban J connectivity index is 1.20. The lowest BCUT2D eigenvalue weighted by Crippen LogP contribution is -2.45. The van der Waals surface area contributed by atoms with Gasteiger partial charge in [-0.1, -0.05) is 0 Å². The third kappa shape index (κ3) is 5.32. The van der Waals surface area contributed by atoms with Crippen molar-refractivity contribution in [1.29, 1.82) is 0 Å². The fraction of sp³-hybridized carbons (Fsp3) is 0.632. The zero-order valence-corrected chi connectivity index (χ0v) is 17.7. The predicted octanol–water partition coefficient (Wildman–Crippen LogP) is -0.864. The van der Waals surface area contributed by atoms with Crippen LogP contribution in [-0.4, -0.2) is 97.0 Å². The van der Waals surface area contributed by atoms with Gasteiger partial charge in [0.25, 0.3) is 0 Å². The molecule has 3 saturated heterocycles. The number of aliphatic hydroxyl groups excluding tert-OH is 1. The number of carbonyl (C=O) groups is 2. The number of nitrogens with one attached hydrogen (secondary N) is 2. The average molecular weight is 455 g/mol. The van der Waals surface area contributed by atoms with E-state index in [0.29, 0.717) is 12.1 Å². The molecule has 0 bridgehead atoms. The maximum atomic E-state index is 12.4. The van der Waals surface area contributed by atoms with E-state index in [9.17, 15) is 23.1 Å². The molecule has 0 aromatic carbocycles. The van der Waals surface area contributed by atoms with Crippen LogP contribution in [0.15, 0.2) is 24.5 Å². The van der Waals surface area contributed by atoms with Crippen LogP contribution >= 0.6 is 0 Å². The summed E-state index contributed by atoms with van der Waals surface area (Å²) >= 11 is 0. The molecular formula is C19H26N4O7S. The van der Waals surface area contributed by atoms with Crippen molar-refractivity contribution < 1.29 is 32.6 Å². The molecule has 3 aliphatic rings. The Hall–Kier alpha value is -2.28. The van der Waals surface area contributed by atoms with Crippen molar-refractivity contribution in [3.8, 4) is 0 Å². The second kappa shape index (κ2) is 9.07. The highest BCUT2D eigenvalue weighted by Crippen LogP contribution is 2.35. The summed E-state index contributed by atoms with van der Waals surface area (Å²) in [4.78, 5) is 29.9. The molecular weight excluding hydrogens is 428 g/mol. The number of rotatable bonds is 5. The molecule has 3 aliphatic heterocycles. The number of pyridine rings is 1. The Labute approximate surface area is 180 Å². The standard InChI is InChI=1S/C19H26N4O7S/c24-16(23-4-6-31(27,28)7-5-23)9-13-8-14-18(29-13)17(25)15(30-14)11-21-19(26)22-12-2-1-3-20-10-12/h1-3,10,13-15,17-18,25H,4-9,11H2,(H2,21,22,26). The van der Waals surface area contributed by atoms with E-state index < -0.39 is 40.3 Å². The molecule has 170 valence electrons. The van der Waals surface area contributed by atoms with E-state index in [2.05, 4.69) is 15.6 Å². The molecule has 3 fully saturated rings. The minimum Gasteiger partial charge on any atom is -0.388 e. The Morgan fingerprint density at radius 2 is 2.03 bits per heavy atom. The van der Waals surface area contributed by atoms with E-state index in [-0.39, 0.29) is 49.6 Å². The SMILES string of the molecule is O=C(NCC1OC2CC(CC(=O)N3CCS(=O)(=O)CC3)OC2C1O)Nc1cccnc1. The number of nitrogens with zero attached hydrogens (tertiary/aromatic N) is 2. The van der Waals surface area contributed by atoms with Gasteiger partial charge in [-0.3, -0.25) is 9.78 Å². The average Bonchev–Trinajstić information content (AvgIpc) is 3.25. The highest BCUT2D eigenvalue weighted by atomic mass is 32.2. The first-order valence-corrected chi connectivity index (χ1v) is 12.0. The summed E-state index contributed by atoms with van der Waals surface area (Å²) in [6, 6.07) is 2.97. The number of aliphatic hydroxyl groups is 1. The van der Waals surface area contributed by atoms with Crippen LogP contribution in [0, 0.1) is 0 Å². The smallest absolute Gasteiger partial charge is 0.319 e. The van der Waals surface area contributed by atoms with Crippen molar-refractivity contribution in [1.82, 2.24) is 15.2 Å². The zero-order chi connectivity index (χ0) is 22.0. The van der Waals surface area contributed by atoms with Gasteiger partial charge in [-0.05, 0) is 12.1 Å². The molecule has 5 unspecified atom stereocenters. The van der Waals surface area contributed by atoms with E-state index in [4.69, 9.17) is 9.47 Å². The molecule has 0 radical (unpaired) electrons. The van der Waals surface area contributed by atoms with Gasteiger partial charge in [0.05, 0.1) is 42.0 Å². The highest BCUT2D eigenvalue weighted by Gasteiger charge is 2.50. The lowest BCUT2D eigenvalue weighted by molar-refractivity contribution is -0.134. The van der Waals surface area contributed by atoms with E-state index >= 15 is 0 Å². The Morgan fingerprint density at radius 1 is 1.26 bits per heavy atom. The number of anilines is 1. The zero-order valence-electron chi connectivity index (χ0n) is 16.8. The third-order valence-electron chi connectivity index (χ3n) is 5.76. The largest absolute Gasteiger partial charge is 0.388 e. The molecule has 1 aromatic rings. The van der Waals surface area contributed by atoms with E-state index in [1.54, 1.807) is 23.2 Å². The summed E-state index contributed by atoms with van der Waals surface area (Å²) in [5, 5.41) is 15.8. The van der Waals surface area contributed by atoms with Crippen molar-refractivity contribution in [2.24, 2.45) is 0 Å². The van der Waals surface area contributed by atoms with Crippen LogP contribution in [0.4, 0.5) is 10.5 Å². The number of urea groups is 1. The van der Waals surface area contributed by atoms with Gasteiger partial charge < -0.3 is 30.1 Å². The van der Waals surface area contributed by atoms with Crippen LogP contribution < -0.4 is 10.6 Å². The molecule has 31 heavy (non-hydrogen) atoms. The molecule has 3 amide bonds. The fourth-order valence-electron chi connectivity index (χ4n) is 4.10. The van der Waals surface area contributed by atoms with Gasteiger partial charge >= 0.3 is 6.03 Å². The first-order chi connectivity index (χ1) is 14.8. The lowest BCUT2D eigenvalue weighted by Gasteiger charge is -2.28. The van der Waals surface area contributed by atoms with Crippen molar-refractivity contribution in [2.75, 3.05) is 36.5 Å². The minimum absolute atomic E-state index is 0.0135. The van der Waals surface area contributed by atoms with Gasteiger partial charge in [0, 0.05) is 32.3 Å². The molecule has 0 aliphatic carbocycles. The number of sulfone groups is 1. The van der Waals surface area contributed by atoms with Crippen LogP contribution in [0.2, 0.25) is 0 Å². The molecule has 3 N–H and O–H groups in total. The van der Waals surface area contributed by atoms with E-state index in [0.717, 1.165) is 0 Å². The van der Waals surface area contributed by atoms with Crippen molar-refractivity contribution in [3.05, 3.63) is 24.5 Å². The van der Waals surface area contributed by atoms with Gasteiger partial charge in [0.2, 0.25) is 5.91 Å². The highest BCUT2D eigenvalue weighted by molar-refractivity contribution is 7.91. The van der Waals surface area contributed by atoms with Crippen molar-refractivity contribution in [3.63, 3.8) is 0 Å². The topological polar surface area (TPSA) is 147 Å². The molecule has 12 heteroatoms. The maximum Gasteiger partial charge on any atom is 0.319 e. The second-order valence-electron chi connectivity index (χ2n) is 7.98. The molecule has 1 aromatic heterocycles. The van der Waals surface area contributed by atoms with Gasteiger partial charge in [-0.15, -0.1) is 0 Å². The molecule has 0 spiro atoms. The molecule has 4 heterocycles. The summed E-state index contributed by atoms with van der Waals surface area (Å²) < 4.78 is 34.7. The summed E-state index contributed by atoms with van der Waals surface area (Å²) in [6.45, 7) is 0.513. The second-order valence-corrected chi connectivity index (χ2v) is 10.3. The molecule has 4 rings (SSSR count). The number of ether oxygens (including phenoxy) is 2. The first-order valence-electron chi connectivity index (χ1n) is 10.2. The summed E-state index contributed by atoms with van der Waals surface area (Å²) in [7, 11) is -3.05. The van der Waals surface area contributed by atoms with E-state index in [1.807, 2.05) is 0 Å². The number of hydrogen-bond donors (Lipinski definition) is 3. The fourth-order valence-corrected chi connectivity index (χ4v) is 5.30. The summed E-state index contributed by atoms with van der Waals surface area (Å²) in [5.74, 6) is -0.180. The quantitative estimate of drug-likeness (QED) is 0.521. The monoisotopic (exact) mass is 454 g/mol. The van der Waals surface area contributed by atoms with Crippen molar-refractivity contribution >= 4 is 27.5 Å². The summed E-state index contributed by atoms with van der Waals surface area (Å²) in [6.07, 6.45) is 0.847. The lowest BCUT2D eigenvalue weighted by atomic mass is 10.1. The third-order valence-corrected chi connectivity index (χ3v) is 7.37. The van der Waals surface area contributed by atoms with Gasteiger partial charge in [-0.2, -0.15) is 0 Å². The Kier molecular flexibility index (Phi) is 6.42. The minimum atomic E-state index is -3.05. The Morgan fingerprint density at radius 3 is 2.71 bits per heavy atom. The predicted molar refractivity (Wildman–Crippen MR) is 109 cm³/mol. The number of amides is 3. The molecule has 11 nitrogen and oxygen atoms in total. The van der Waals surface area contributed by atoms with Crippen LogP contribution in [0.3, 0.4) is 0 Å². The van der Waals surface area contributed by atoms with Crippen LogP contribution in [-0.2, 0) is 24.1 Å². The van der Waals surface area contributed by atoms with Gasteiger partial charge in [0.15, 0.2) is 9.84 Å². The van der Waals surface area contributed by atoms with Crippen LogP contribution in [0.5, 0.6) is 0 Å². The van der Waals surface area contributed by atoms with Gasteiger partial charge in [0.1, 0.15) is 18.3 Å². The molecule has 5 atom stereocenters. The Bertz CT molecular complexity index is 899. The first kappa shape index (κ1) is 21.9. The number of fused-ring (bicyclic) bond motifs is 1. The number of aromatic nitrogens is 1. The normalized spacial score (nSPS) is 31.8. The van der Waals surface area contributed by atoms with Crippen molar-refractivity contribution in [2.45, 2.75) is 43.4 Å². The van der Waals surface area contributed by atoms with E-state index in [1.165, 1.54) is 6.20 Å².